The molecule has 1 saturated heterocycles. The Labute approximate surface area is 248 Å². The van der Waals surface area contributed by atoms with Crippen LogP contribution < -0.4 is 0 Å². The van der Waals surface area contributed by atoms with Crippen LogP contribution in [-0.4, -0.2) is 59.4 Å². The molecule has 0 spiro atoms. The molecule has 1 aliphatic heterocycles. The van der Waals surface area contributed by atoms with E-state index in [0.717, 1.165) is 29.3 Å². The van der Waals surface area contributed by atoms with E-state index in [2.05, 4.69) is 4.18 Å². The van der Waals surface area contributed by atoms with Crippen molar-refractivity contribution in [2.75, 3.05) is 13.2 Å². The monoisotopic (exact) mass is 632 g/mol. The third kappa shape index (κ3) is 9.35. The number of rotatable bonds is 16. The van der Waals surface area contributed by atoms with Gasteiger partial charge in [-0.15, -0.1) is 0 Å². The third-order valence-electron chi connectivity index (χ3n) is 8.12. The maximum absolute atomic E-state index is 13.1. The standard InChI is InChI=1S/C30H43F3O7SSi/c1-5-42(6-2,7-3)40-26-20-28(37-22-25-16-12-9-13-17-25)29(4,18-19-36-21-24-14-10-8-11-15-24)39-27(26)23-38-41(34,35)30(31,32)33/h8-17,26-28H,5-7,18-23H2,1-4H3/t26-,27+,28+,29-/m1/s1. The zero-order valence-electron chi connectivity index (χ0n) is 24.8. The van der Waals surface area contributed by atoms with Crippen LogP contribution in [0.2, 0.25) is 18.1 Å². The fraction of sp³-hybridized carbons (Fsp3) is 0.600. The van der Waals surface area contributed by atoms with Crippen molar-refractivity contribution in [2.24, 2.45) is 0 Å². The van der Waals surface area contributed by atoms with Crippen molar-refractivity contribution in [3.63, 3.8) is 0 Å². The van der Waals surface area contributed by atoms with E-state index in [9.17, 15) is 21.6 Å². The first-order valence-corrected chi connectivity index (χ1v) is 18.4. The Bertz CT molecular complexity index is 1170. The van der Waals surface area contributed by atoms with Gasteiger partial charge in [-0.2, -0.15) is 21.6 Å². The van der Waals surface area contributed by atoms with Crippen molar-refractivity contribution in [1.82, 2.24) is 0 Å². The number of halogens is 3. The molecule has 0 bridgehead atoms. The minimum Gasteiger partial charge on any atom is -0.411 e. The van der Waals surface area contributed by atoms with E-state index in [1.54, 1.807) is 0 Å². The van der Waals surface area contributed by atoms with Gasteiger partial charge >= 0.3 is 15.6 Å². The largest absolute Gasteiger partial charge is 0.523 e. The van der Waals surface area contributed by atoms with Crippen molar-refractivity contribution >= 4 is 18.4 Å². The molecule has 42 heavy (non-hydrogen) atoms. The van der Waals surface area contributed by atoms with E-state index in [-0.39, 0.29) is 6.61 Å². The molecule has 0 aliphatic carbocycles. The zero-order chi connectivity index (χ0) is 30.9. The quantitative estimate of drug-likeness (QED) is 0.0855. The van der Waals surface area contributed by atoms with Crippen LogP contribution in [0.4, 0.5) is 13.2 Å². The summed E-state index contributed by atoms with van der Waals surface area (Å²) in [5.41, 5.74) is -4.60. The molecule has 0 unspecified atom stereocenters. The molecule has 1 fully saturated rings. The predicted molar refractivity (Wildman–Crippen MR) is 157 cm³/mol. The molecule has 7 nitrogen and oxygen atoms in total. The second-order valence-electron chi connectivity index (χ2n) is 10.9. The van der Waals surface area contributed by atoms with Crippen LogP contribution in [0.15, 0.2) is 60.7 Å². The Morgan fingerprint density at radius 2 is 1.48 bits per heavy atom. The Hall–Kier alpha value is -1.80. The number of ether oxygens (including phenoxy) is 3. The van der Waals surface area contributed by atoms with Gasteiger partial charge in [0.25, 0.3) is 0 Å². The van der Waals surface area contributed by atoms with Crippen molar-refractivity contribution in [2.45, 2.75) is 101 Å². The van der Waals surface area contributed by atoms with Gasteiger partial charge in [0.15, 0.2) is 8.32 Å². The second-order valence-corrected chi connectivity index (χ2v) is 17.2. The van der Waals surface area contributed by atoms with Crippen molar-refractivity contribution in [3.8, 4) is 0 Å². The van der Waals surface area contributed by atoms with Gasteiger partial charge in [0.1, 0.15) is 6.10 Å². The Kier molecular flexibility index (Phi) is 12.6. The fourth-order valence-corrected chi connectivity index (χ4v) is 8.53. The first kappa shape index (κ1) is 34.7. The van der Waals surface area contributed by atoms with Crippen LogP contribution in [0.3, 0.4) is 0 Å². The highest BCUT2D eigenvalue weighted by molar-refractivity contribution is 7.87. The van der Waals surface area contributed by atoms with Crippen LogP contribution >= 0.6 is 0 Å². The maximum atomic E-state index is 13.1. The lowest BCUT2D eigenvalue weighted by atomic mass is 9.86. The van der Waals surface area contributed by atoms with E-state index in [1.165, 1.54) is 0 Å². The molecule has 1 aliphatic rings. The van der Waals surface area contributed by atoms with E-state index >= 15 is 0 Å². The normalized spacial score (nSPS) is 23.6. The van der Waals surface area contributed by atoms with E-state index in [1.807, 2.05) is 88.4 Å². The van der Waals surface area contributed by atoms with Gasteiger partial charge in [-0.25, -0.2) is 0 Å². The molecule has 4 atom stereocenters. The maximum Gasteiger partial charge on any atom is 0.523 e. The van der Waals surface area contributed by atoms with Gasteiger partial charge in [0.05, 0.1) is 37.6 Å². The Morgan fingerprint density at radius 3 is 2.00 bits per heavy atom. The highest BCUT2D eigenvalue weighted by Gasteiger charge is 2.52. The Morgan fingerprint density at radius 1 is 0.929 bits per heavy atom. The number of hydrogen-bond acceptors (Lipinski definition) is 7. The number of hydrogen-bond donors (Lipinski definition) is 0. The fourth-order valence-electron chi connectivity index (χ4n) is 5.19. The third-order valence-corrected chi connectivity index (χ3v) is 13.8. The lowest BCUT2D eigenvalue weighted by Crippen LogP contribution is -2.60. The van der Waals surface area contributed by atoms with Gasteiger partial charge in [-0.3, -0.25) is 4.18 Å². The topological polar surface area (TPSA) is 80.3 Å². The molecule has 2 aromatic rings. The van der Waals surface area contributed by atoms with Gasteiger partial charge in [0.2, 0.25) is 0 Å². The smallest absolute Gasteiger partial charge is 0.411 e. The van der Waals surface area contributed by atoms with Crippen molar-refractivity contribution in [3.05, 3.63) is 71.8 Å². The molecule has 0 aromatic heterocycles. The highest BCUT2D eigenvalue weighted by Crippen LogP contribution is 2.39. The molecule has 0 amide bonds. The average molecular weight is 633 g/mol. The van der Waals surface area contributed by atoms with Crippen LogP contribution in [0.5, 0.6) is 0 Å². The molecule has 0 N–H and O–H groups in total. The summed E-state index contributed by atoms with van der Waals surface area (Å²) in [5, 5.41) is 0. The van der Waals surface area contributed by atoms with Crippen LogP contribution in [0, 0.1) is 0 Å². The number of benzene rings is 2. The molecular weight excluding hydrogens is 589 g/mol. The zero-order valence-corrected chi connectivity index (χ0v) is 26.6. The first-order chi connectivity index (χ1) is 19.9. The summed E-state index contributed by atoms with van der Waals surface area (Å²) < 4.78 is 93.0. The van der Waals surface area contributed by atoms with Crippen LogP contribution in [0.25, 0.3) is 0 Å². The second kappa shape index (κ2) is 15.3. The SMILES string of the molecule is CC[Si](CC)(CC)O[C@@H]1C[C@H](OCc2ccccc2)[C@@](C)(CCOCc2ccccc2)O[C@H]1COS(=O)(=O)C(F)(F)F. The molecule has 2 aromatic carbocycles. The lowest BCUT2D eigenvalue weighted by Gasteiger charge is -2.49. The highest BCUT2D eigenvalue weighted by atomic mass is 32.2. The van der Waals surface area contributed by atoms with Gasteiger partial charge < -0.3 is 18.6 Å². The van der Waals surface area contributed by atoms with Crippen molar-refractivity contribution in [1.29, 1.82) is 0 Å². The van der Waals surface area contributed by atoms with Crippen LogP contribution in [0.1, 0.15) is 51.7 Å². The first-order valence-electron chi connectivity index (χ1n) is 14.5. The van der Waals surface area contributed by atoms with Crippen molar-refractivity contribution < 1.29 is 44.4 Å². The summed E-state index contributed by atoms with van der Waals surface area (Å²) in [6, 6.07) is 21.7. The molecule has 0 saturated carbocycles. The molecule has 12 heteroatoms. The summed E-state index contributed by atoms with van der Waals surface area (Å²) >= 11 is 0. The summed E-state index contributed by atoms with van der Waals surface area (Å²) in [6.07, 6.45) is -1.62. The molecule has 0 radical (unpaired) electrons. The summed E-state index contributed by atoms with van der Waals surface area (Å²) in [4.78, 5) is 0. The molecule has 236 valence electrons. The lowest BCUT2D eigenvalue weighted by molar-refractivity contribution is -0.242. The predicted octanol–water partition coefficient (Wildman–Crippen LogP) is 6.98. The molecular formula is C30H43F3O7SSi. The Balaban J connectivity index is 1.85. The summed E-state index contributed by atoms with van der Waals surface area (Å²) in [5.74, 6) is 0. The van der Waals surface area contributed by atoms with Gasteiger partial charge in [0, 0.05) is 19.4 Å². The van der Waals surface area contributed by atoms with Gasteiger partial charge in [-0.05, 0) is 36.2 Å². The summed E-state index contributed by atoms with van der Waals surface area (Å²) in [7, 11) is -8.09. The molecule has 3 rings (SSSR count). The summed E-state index contributed by atoms with van der Waals surface area (Å²) in [6.45, 7) is 8.09. The molecule has 1 heterocycles. The van der Waals surface area contributed by atoms with E-state index in [4.69, 9.17) is 18.6 Å². The number of alkyl halides is 3. The van der Waals surface area contributed by atoms with E-state index < -0.39 is 54.5 Å². The average Bonchev–Trinajstić information content (AvgIpc) is 2.98. The van der Waals surface area contributed by atoms with Gasteiger partial charge in [-0.1, -0.05) is 81.4 Å². The van der Waals surface area contributed by atoms with E-state index in [0.29, 0.717) is 26.1 Å². The van der Waals surface area contributed by atoms with Crippen LogP contribution in [-0.2, 0) is 46.2 Å². The minimum atomic E-state index is -5.81. The minimum absolute atomic E-state index is 0.286.